The molecule has 0 aliphatic carbocycles. The van der Waals surface area contributed by atoms with Crippen molar-refractivity contribution >= 4 is 21.5 Å². The van der Waals surface area contributed by atoms with Crippen LogP contribution in [-0.2, 0) is 10.0 Å². The molecular formula is C12H15N5O2S. The van der Waals surface area contributed by atoms with E-state index in [9.17, 15) is 8.42 Å². The zero-order chi connectivity index (χ0) is 14.4. The summed E-state index contributed by atoms with van der Waals surface area (Å²) in [4.78, 5) is 11.7. The van der Waals surface area contributed by atoms with E-state index in [-0.39, 0.29) is 4.90 Å². The van der Waals surface area contributed by atoms with E-state index < -0.39 is 10.0 Å². The van der Waals surface area contributed by atoms with Gasteiger partial charge in [0, 0.05) is 12.7 Å². The van der Waals surface area contributed by atoms with Crippen LogP contribution in [0, 0.1) is 0 Å². The lowest BCUT2D eigenvalue weighted by Gasteiger charge is -2.11. The summed E-state index contributed by atoms with van der Waals surface area (Å²) >= 11 is 0. The Bertz CT molecular complexity index is 661. The van der Waals surface area contributed by atoms with E-state index in [2.05, 4.69) is 25.0 Å². The fourth-order valence-corrected chi connectivity index (χ4v) is 2.71. The maximum Gasteiger partial charge on any atom is 0.265 e. The van der Waals surface area contributed by atoms with Crippen LogP contribution in [0.4, 0.5) is 11.5 Å². The number of pyridine rings is 1. The zero-order valence-corrected chi connectivity index (χ0v) is 11.8. The minimum absolute atomic E-state index is 0.0947. The summed E-state index contributed by atoms with van der Waals surface area (Å²) in [7, 11) is -3.73. The topological polar surface area (TPSA) is 96.9 Å². The van der Waals surface area contributed by atoms with E-state index in [1.54, 1.807) is 12.3 Å². The highest BCUT2D eigenvalue weighted by molar-refractivity contribution is 7.92. The van der Waals surface area contributed by atoms with Crippen LogP contribution in [0.5, 0.6) is 0 Å². The molecule has 2 rings (SSSR count). The molecule has 0 saturated heterocycles. The van der Waals surface area contributed by atoms with E-state index in [4.69, 9.17) is 0 Å². The van der Waals surface area contributed by atoms with Crippen LogP contribution in [0.1, 0.15) is 13.3 Å². The predicted octanol–water partition coefficient (Wildman–Crippen LogP) is 1.49. The number of nitrogens with one attached hydrogen (secondary N) is 2. The predicted molar refractivity (Wildman–Crippen MR) is 75.9 cm³/mol. The molecular weight excluding hydrogens is 278 g/mol. The molecule has 0 radical (unpaired) electrons. The lowest BCUT2D eigenvalue weighted by Crippen LogP contribution is -2.16. The van der Waals surface area contributed by atoms with Crippen molar-refractivity contribution in [1.29, 1.82) is 0 Å². The molecule has 0 amide bonds. The van der Waals surface area contributed by atoms with Gasteiger partial charge in [-0.05, 0) is 18.6 Å². The normalized spacial score (nSPS) is 11.1. The number of anilines is 2. The van der Waals surface area contributed by atoms with E-state index in [0.29, 0.717) is 18.1 Å². The Morgan fingerprint density at radius 1 is 1.25 bits per heavy atom. The molecule has 2 aromatic rings. The highest BCUT2D eigenvalue weighted by atomic mass is 32.2. The monoisotopic (exact) mass is 293 g/mol. The first kappa shape index (κ1) is 14.2. The molecule has 2 heterocycles. The molecule has 0 unspecified atom stereocenters. The number of hydrogen-bond donors (Lipinski definition) is 2. The fraction of sp³-hybridized carbons (Fsp3) is 0.250. The van der Waals surface area contributed by atoms with Gasteiger partial charge in [-0.2, -0.15) is 0 Å². The summed E-state index contributed by atoms with van der Waals surface area (Å²) in [6.07, 6.45) is 6.52. The first-order chi connectivity index (χ1) is 9.63. The van der Waals surface area contributed by atoms with Crippen molar-refractivity contribution in [3.05, 3.63) is 37.1 Å². The smallest absolute Gasteiger partial charge is 0.265 e. The Balaban J connectivity index is 2.30. The second kappa shape index (κ2) is 6.29. The summed E-state index contributed by atoms with van der Waals surface area (Å²) in [5.74, 6) is 0.332. The van der Waals surface area contributed by atoms with Gasteiger partial charge in [0.05, 0.1) is 18.1 Å². The SMILES string of the molecule is CCCNc1ncccc1S(=O)(=O)Nc1cncnc1. The van der Waals surface area contributed by atoms with Gasteiger partial charge in [0.25, 0.3) is 10.0 Å². The van der Waals surface area contributed by atoms with E-state index in [0.717, 1.165) is 6.42 Å². The fourth-order valence-electron chi connectivity index (χ4n) is 1.55. The van der Waals surface area contributed by atoms with Crippen LogP contribution in [0.2, 0.25) is 0 Å². The summed E-state index contributed by atoms with van der Waals surface area (Å²) in [6.45, 7) is 2.64. The third-order valence-electron chi connectivity index (χ3n) is 2.42. The molecule has 106 valence electrons. The molecule has 20 heavy (non-hydrogen) atoms. The average Bonchev–Trinajstić information content (AvgIpc) is 2.46. The highest BCUT2D eigenvalue weighted by Crippen LogP contribution is 2.20. The van der Waals surface area contributed by atoms with Crippen molar-refractivity contribution in [2.75, 3.05) is 16.6 Å². The first-order valence-electron chi connectivity index (χ1n) is 6.10. The highest BCUT2D eigenvalue weighted by Gasteiger charge is 2.19. The van der Waals surface area contributed by atoms with E-state index in [1.807, 2.05) is 6.92 Å². The van der Waals surface area contributed by atoms with Gasteiger partial charge in [-0.3, -0.25) is 4.72 Å². The Hall–Kier alpha value is -2.22. The Morgan fingerprint density at radius 2 is 2.00 bits per heavy atom. The van der Waals surface area contributed by atoms with Crippen LogP contribution in [-0.4, -0.2) is 29.9 Å². The lowest BCUT2D eigenvalue weighted by atomic mass is 10.4. The van der Waals surface area contributed by atoms with Crippen molar-refractivity contribution in [2.45, 2.75) is 18.2 Å². The average molecular weight is 293 g/mol. The van der Waals surface area contributed by atoms with Crippen molar-refractivity contribution in [1.82, 2.24) is 15.0 Å². The van der Waals surface area contributed by atoms with Crippen molar-refractivity contribution < 1.29 is 8.42 Å². The van der Waals surface area contributed by atoms with Crippen molar-refractivity contribution in [3.8, 4) is 0 Å². The molecule has 0 saturated carbocycles. The van der Waals surface area contributed by atoms with Crippen LogP contribution < -0.4 is 10.0 Å². The summed E-state index contributed by atoms with van der Waals surface area (Å²) in [5, 5.41) is 2.99. The van der Waals surface area contributed by atoms with E-state index >= 15 is 0 Å². The number of hydrogen-bond acceptors (Lipinski definition) is 6. The molecule has 0 aliphatic rings. The Labute approximate surface area is 117 Å². The molecule has 7 nitrogen and oxygen atoms in total. The number of nitrogens with zero attached hydrogens (tertiary/aromatic N) is 3. The molecule has 0 aromatic carbocycles. The Morgan fingerprint density at radius 3 is 2.70 bits per heavy atom. The summed E-state index contributed by atoms with van der Waals surface area (Å²) in [6, 6.07) is 3.07. The standard InChI is InChI=1S/C12H15N5O2S/c1-2-5-15-12-11(4-3-6-16-12)20(18,19)17-10-7-13-9-14-8-10/h3-4,6-9,17H,2,5H2,1H3,(H,15,16). The molecule has 0 spiro atoms. The zero-order valence-electron chi connectivity index (χ0n) is 10.9. The third-order valence-corrected chi connectivity index (χ3v) is 3.83. The van der Waals surface area contributed by atoms with Crippen LogP contribution in [0.15, 0.2) is 41.9 Å². The molecule has 2 aromatic heterocycles. The van der Waals surface area contributed by atoms with Gasteiger partial charge >= 0.3 is 0 Å². The van der Waals surface area contributed by atoms with Gasteiger partial charge in [0.2, 0.25) is 0 Å². The maximum atomic E-state index is 12.3. The van der Waals surface area contributed by atoms with Crippen molar-refractivity contribution in [3.63, 3.8) is 0 Å². The number of rotatable bonds is 6. The number of aromatic nitrogens is 3. The largest absolute Gasteiger partial charge is 0.369 e. The quantitative estimate of drug-likeness (QED) is 0.837. The van der Waals surface area contributed by atoms with Gasteiger partial charge in [0.1, 0.15) is 17.0 Å². The second-order valence-corrected chi connectivity index (χ2v) is 5.66. The maximum absolute atomic E-state index is 12.3. The lowest BCUT2D eigenvalue weighted by molar-refractivity contribution is 0.601. The van der Waals surface area contributed by atoms with Gasteiger partial charge in [-0.15, -0.1) is 0 Å². The summed E-state index contributed by atoms with van der Waals surface area (Å²) < 4.78 is 27.1. The Kier molecular flexibility index (Phi) is 4.46. The van der Waals surface area contributed by atoms with Gasteiger partial charge < -0.3 is 5.32 Å². The molecule has 0 atom stereocenters. The molecule has 0 bridgehead atoms. The van der Waals surface area contributed by atoms with Crippen LogP contribution in [0.25, 0.3) is 0 Å². The molecule has 2 N–H and O–H groups in total. The molecule has 0 fully saturated rings. The van der Waals surface area contributed by atoms with E-state index in [1.165, 1.54) is 24.8 Å². The van der Waals surface area contributed by atoms with Gasteiger partial charge in [-0.25, -0.2) is 23.4 Å². The van der Waals surface area contributed by atoms with Crippen LogP contribution >= 0.6 is 0 Å². The molecule has 8 heteroatoms. The van der Waals surface area contributed by atoms with Crippen molar-refractivity contribution in [2.24, 2.45) is 0 Å². The van der Waals surface area contributed by atoms with Crippen LogP contribution in [0.3, 0.4) is 0 Å². The minimum atomic E-state index is -3.73. The molecule has 0 aliphatic heterocycles. The van der Waals surface area contributed by atoms with Gasteiger partial charge in [0.15, 0.2) is 0 Å². The second-order valence-electron chi connectivity index (χ2n) is 4.01. The third kappa shape index (κ3) is 3.41. The summed E-state index contributed by atoms with van der Waals surface area (Å²) in [5.41, 5.74) is 0.304. The van der Waals surface area contributed by atoms with Gasteiger partial charge in [-0.1, -0.05) is 6.92 Å². The minimum Gasteiger partial charge on any atom is -0.369 e. The number of sulfonamides is 1. The first-order valence-corrected chi connectivity index (χ1v) is 7.58.